The molecule has 3 heterocycles. The van der Waals surface area contributed by atoms with E-state index in [0.717, 1.165) is 11.6 Å². The van der Waals surface area contributed by atoms with Gasteiger partial charge in [0.05, 0.1) is 39.8 Å². The second-order valence-electron chi connectivity index (χ2n) is 9.49. The van der Waals surface area contributed by atoms with E-state index in [1.54, 1.807) is 49.9 Å². The molecule has 0 unspecified atom stereocenters. The molecule has 9 heteroatoms. The normalized spacial score (nSPS) is 13.3. The maximum Gasteiger partial charge on any atom is 0.416 e. The fourth-order valence-corrected chi connectivity index (χ4v) is 4.45. The van der Waals surface area contributed by atoms with E-state index in [1.165, 1.54) is 15.2 Å². The van der Waals surface area contributed by atoms with Crippen molar-refractivity contribution in [2.75, 3.05) is 0 Å². The summed E-state index contributed by atoms with van der Waals surface area (Å²) in [6, 6.07) is 14.4. The molecule has 1 aliphatic carbocycles. The van der Waals surface area contributed by atoms with Gasteiger partial charge >= 0.3 is 11.9 Å². The highest BCUT2D eigenvalue weighted by Crippen LogP contribution is 2.40. The number of rotatable bonds is 4. The maximum atomic E-state index is 13.5. The van der Waals surface area contributed by atoms with Crippen LogP contribution in [0, 0.1) is 11.3 Å². The van der Waals surface area contributed by atoms with Crippen molar-refractivity contribution >= 4 is 5.57 Å². The highest BCUT2D eigenvalue weighted by atomic mass is 19.4. The smallest absolute Gasteiger partial charge is 0.301 e. The average molecular weight is 502 g/mol. The Balaban J connectivity index is 1.57. The third-order valence-electron chi connectivity index (χ3n) is 6.60. The summed E-state index contributed by atoms with van der Waals surface area (Å²) in [4.78, 5) is 21.7. The van der Waals surface area contributed by atoms with Crippen LogP contribution in [-0.2, 0) is 18.9 Å². The van der Waals surface area contributed by atoms with Gasteiger partial charge in [0, 0.05) is 43.2 Å². The van der Waals surface area contributed by atoms with E-state index in [1.807, 2.05) is 26.0 Å². The zero-order valence-corrected chi connectivity index (χ0v) is 20.3. The van der Waals surface area contributed by atoms with Crippen LogP contribution in [0.25, 0.3) is 33.8 Å². The molecule has 0 aliphatic heterocycles. The maximum absolute atomic E-state index is 13.5. The first-order valence-electron chi connectivity index (χ1n) is 11.5. The lowest BCUT2D eigenvalue weighted by atomic mass is 9.86. The van der Waals surface area contributed by atoms with Crippen molar-refractivity contribution in [2.45, 2.75) is 31.9 Å². The van der Waals surface area contributed by atoms with Gasteiger partial charge in [0.15, 0.2) is 0 Å². The molecule has 5 rings (SSSR count). The number of alkyl halides is 3. The summed E-state index contributed by atoms with van der Waals surface area (Å²) >= 11 is 0. The Morgan fingerprint density at radius 2 is 1.76 bits per heavy atom. The van der Waals surface area contributed by atoms with Crippen molar-refractivity contribution in [3.63, 3.8) is 0 Å². The van der Waals surface area contributed by atoms with Crippen molar-refractivity contribution in [2.24, 2.45) is 7.05 Å². The summed E-state index contributed by atoms with van der Waals surface area (Å²) < 4.78 is 43.3. The molecule has 186 valence electrons. The quantitative estimate of drug-likeness (QED) is 0.365. The van der Waals surface area contributed by atoms with Gasteiger partial charge in [-0.2, -0.15) is 18.4 Å². The molecule has 0 fully saturated rings. The highest BCUT2D eigenvalue weighted by molar-refractivity contribution is 5.79. The standard InChI is InChI=1S/C28H22F3N5O/c1-27(2,16-32)19-4-6-20(7-5-19)36-25(15-35(3)26(36)37)24-13-17(10-11-33-24)18-12-21-22(28(29,30)31)8-9-23(21)34-14-18/h4-8,10-15H,9H2,1-3H3. The van der Waals surface area contributed by atoms with E-state index in [-0.39, 0.29) is 17.7 Å². The van der Waals surface area contributed by atoms with E-state index >= 15 is 0 Å². The fraction of sp³-hybridized carbons (Fsp3) is 0.214. The van der Waals surface area contributed by atoms with Crippen molar-refractivity contribution < 1.29 is 13.2 Å². The summed E-state index contributed by atoms with van der Waals surface area (Å²) in [7, 11) is 1.63. The average Bonchev–Trinajstić information content (AvgIpc) is 3.44. The van der Waals surface area contributed by atoms with Crippen molar-refractivity contribution in [3.05, 3.63) is 94.4 Å². The molecule has 0 spiro atoms. The Morgan fingerprint density at radius 3 is 2.43 bits per heavy atom. The van der Waals surface area contributed by atoms with Gasteiger partial charge in [-0.15, -0.1) is 0 Å². The molecule has 0 saturated carbocycles. The molecule has 0 saturated heterocycles. The van der Waals surface area contributed by atoms with Crippen LogP contribution in [0.1, 0.15) is 30.7 Å². The van der Waals surface area contributed by atoms with Crippen LogP contribution in [0.2, 0.25) is 0 Å². The third kappa shape index (κ3) is 4.25. The van der Waals surface area contributed by atoms with E-state index in [4.69, 9.17) is 0 Å². The van der Waals surface area contributed by atoms with Gasteiger partial charge in [-0.3, -0.25) is 14.5 Å². The molecule has 0 amide bonds. The van der Waals surface area contributed by atoms with E-state index in [2.05, 4.69) is 16.0 Å². The molecule has 1 aromatic carbocycles. The number of hydrogen-bond acceptors (Lipinski definition) is 4. The van der Waals surface area contributed by atoms with Crippen LogP contribution >= 0.6 is 0 Å². The van der Waals surface area contributed by atoms with Crippen LogP contribution in [-0.4, -0.2) is 25.3 Å². The van der Waals surface area contributed by atoms with E-state index in [9.17, 15) is 23.2 Å². The topological polar surface area (TPSA) is 76.5 Å². The van der Waals surface area contributed by atoms with Gasteiger partial charge in [0.25, 0.3) is 0 Å². The summed E-state index contributed by atoms with van der Waals surface area (Å²) in [6.45, 7) is 3.64. The number of nitriles is 1. The Hall–Kier alpha value is -4.45. The van der Waals surface area contributed by atoms with Gasteiger partial charge in [-0.1, -0.05) is 18.2 Å². The molecule has 1 aliphatic rings. The Bertz CT molecular complexity index is 1650. The molecule has 0 N–H and O–H groups in total. The predicted molar refractivity (Wildman–Crippen MR) is 134 cm³/mol. The molecule has 0 atom stereocenters. The Morgan fingerprint density at radius 1 is 1.03 bits per heavy atom. The van der Waals surface area contributed by atoms with Gasteiger partial charge in [0.1, 0.15) is 0 Å². The number of allylic oxidation sites excluding steroid dienone is 2. The minimum absolute atomic E-state index is 0.0837. The largest absolute Gasteiger partial charge is 0.416 e. The van der Waals surface area contributed by atoms with Crippen LogP contribution in [0.15, 0.2) is 71.9 Å². The number of aromatic nitrogens is 4. The van der Waals surface area contributed by atoms with Crippen molar-refractivity contribution in [3.8, 4) is 34.3 Å². The zero-order valence-electron chi connectivity index (χ0n) is 20.3. The zero-order chi connectivity index (χ0) is 26.5. The summed E-state index contributed by atoms with van der Waals surface area (Å²) in [5.41, 5.74) is 2.41. The first-order valence-corrected chi connectivity index (χ1v) is 11.5. The number of pyridine rings is 2. The first kappa shape index (κ1) is 24.3. The molecule has 6 nitrogen and oxygen atoms in total. The first-order chi connectivity index (χ1) is 17.5. The minimum atomic E-state index is -4.45. The third-order valence-corrected chi connectivity index (χ3v) is 6.60. The summed E-state index contributed by atoms with van der Waals surface area (Å²) in [5, 5.41) is 9.42. The molecule has 4 aromatic rings. The van der Waals surface area contributed by atoms with E-state index < -0.39 is 17.2 Å². The fourth-order valence-electron chi connectivity index (χ4n) is 4.45. The molecule has 0 radical (unpaired) electrons. The van der Waals surface area contributed by atoms with Crippen LogP contribution in [0.3, 0.4) is 0 Å². The Labute approximate surface area is 211 Å². The number of benzene rings is 1. The second kappa shape index (κ2) is 8.59. The molecule has 3 aromatic heterocycles. The summed E-state index contributed by atoms with van der Waals surface area (Å²) in [5.74, 6) is 0. The predicted octanol–water partition coefficient (Wildman–Crippen LogP) is 5.60. The minimum Gasteiger partial charge on any atom is -0.301 e. The van der Waals surface area contributed by atoms with Gasteiger partial charge < -0.3 is 4.57 Å². The summed E-state index contributed by atoms with van der Waals surface area (Å²) in [6.07, 6.45) is 1.62. The number of nitrogens with zero attached hydrogens (tertiary/aromatic N) is 5. The molecule has 37 heavy (non-hydrogen) atoms. The van der Waals surface area contributed by atoms with Crippen LogP contribution in [0.5, 0.6) is 0 Å². The van der Waals surface area contributed by atoms with Gasteiger partial charge in [0.2, 0.25) is 0 Å². The van der Waals surface area contributed by atoms with Gasteiger partial charge in [-0.05, 0) is 55.3 Å². The SMILES string of the molecule is Cn1cc(-c2cc(-c3cnc4c(c3)C(C(F)(F)F)=CC4)ccn2)n(-c2ccc(C(C)(C)C#N)cc2)c1=O. The van der Waals surface area contributed by atoms with Crippen LogP contribution in [0.4, 0.5) is 13.2 Å². The number of imidazole rings is 1. The number of fused-ring (bicyclic) bond motifs is 1. The Kier molecular flexibility index (Phi) is 5.63. The number of aryl methyl sites for hydroxylation is 1. The molecule has 0 bridgehead atoms. The lowest BCUT2D eigenvalue weighted by Crippen LogP contribution is -2.21. The number of halogens is 3. The van der Waals surface area contributed by atoms with Crippen molar-refractivity contribution in [1.82, 2.24) is 19.1 Å². The molecular formula is C28H22F3N5O. The van der Waals surface area contributed by atoms with Crippen LogP contribution < -0.4 is 5.69 Å². The highest BCUT2D eigenvalue weighted by Gasteiger charge is 2.38. The second-order valence-corrected chi connectivity index (χ2v) is 9.49. The van der Waals surface area contributed by atoms with Crippen molar-refractivity contribution in [1.29, 1.82) is 5.26 Å². The van der Waals surface area contributed by atoms with E-state index in [0.29, 0.717) is 33.9 Å². The monoisotopic (exact) mass is 501 g/mol. The lowest BCUT2D eigenvalue weighted by molar-refractivity contribution is -0.0687. The van der Waals surface area contributed by atoms with Gasteiger partial charge in [-0.25, -0.2) is 4.79 Å². The lowest BCUT2D eigenvalue weighted by Gasteiger charge is -2.16. The number of hydrogen-bond donors (Lipinski definition) is 0. The molecular weight excluding hydrogens is 479 g/mol.